The summed E-state index contributed by atoms with van der Waals surface area (Å²) >= 11 is 0. The van der Waals surface area contributed by atoms with Crippen LogP contribution in [0.4, 0.5) is 11.4 Å². The zero-order valence-corrected chi connectivity index (χ0v) is 15.1. The second-order valence-corrected chi connectivity index (χ2v) is 6.74. The molecule has 7 nitrogen and oxygen atoms in total. The van der Waals surface area contributed by atoms with Gasteiger partial charge in [-0.15, -0.1) is 0 Å². The molecule has 0 aliphatic heterocycles. The van der Waals surface area contributed by atoms with Gasteiger partial charge >= 0.3 is 11.8 Å². The first-order valence-corrected chi connectivity index (χ1v) is 8.68. The molecule has 0 bridgehead atoms. The maximum Gasteiger partial charge on any atom is 0.313 e. The Morgan fingerprint density at radius 2 is 1.63 bits per heavy atom. The van der Waals surface area contributed by atoms with Crippen LogP contribution < -0.4 is 21.3 Å². The highest BCUT2D eigenvalue weighted by Crippen LogP contribution is 2.34. The van der Waals surface area contributed by atoms with Crippen LogP contribution in [-0.2, 0) is 20.9 Å². The monoisotopic (exact) mass is 366 g/mol. The Hall–Kier alpha value is -3.35. The number of benzene rings is 2. The molecule has 0 atom stereocenters. The van der Waals surface area contributed by atoms with Crippen LogP contribution in [0.1, 0.15) is 18.4 Å². The summed E-state index contributed by atoms with van der Waals surface area (Å²) in [6.45, 7) is 0.754. The molecule has 7 heteroatoms. The van der Waals surface area contributed by atoms with Gasteiger partial charge in [0.25, 0.3) is 0 Å². The molecule has 1 fully saturated rings. The van der Waals surface area contributed by atoms with Crippen LogP contribution in [0.15, 0.2) is 54.6 Å². The first-order chi connectivity index (χ1) is 12.9. The number of nitrogens with zero attached hydrogens (tertiary/aromatic N) is 1. The van der Waals surface area contributed by atoms with E-state index in [1.165, 1.54) is 5.56 Å². The van der Waals surface area contributed by atoms with Crippen LogP contribution in [0.2, 0.25) is 0 Å². The standard InChI is InChI=1S/C20H22N4O3/c1-24(13-14-5-3-2-4-6-14)16-9-7-15(8-10-16)22-17(25)18(26)23-20(11-12-20)19(21)27/h2-10H,11-13H2,1H3,(H2,21,27)(H,22,25)(H,23,26). The molecule has 0 unspecified atom stereocenters. The van der Waals surface area contributed by atoms with Gasteiger partial charge in [0.1, 0.15) is 5.54 Å². The molecule has 0 spiro atoms. The lowest BCUT2D eigenvalue weighted by atomic mass is 10.2. The SMILES string of the molecule is CN(Cc1ccccc1)c1ccc(NC(=O)C(=O)NC2(C(N)=O)CC2)cc1. The molecular formula is C20H22N4O3. The summed E-state index contributed by atoms with van der Waals surface area (Å²) in [6.07, 6.45) is 0.924. The average Bonchev–Trinajstić information content (AvgIpc) is 3.44. The van der Waals surface area contributed by atoms with E-state index in [0.29, 0.717) is 18.5 Å². The van der Waals surface area contributed by atoms with Gasteiger partial charge in [-0.2, -0.15) is 0 Å². The zero-order valence-electron chi connectivity index (χ0n) is 15.1. The quantitative estimate of drug-likeness (QED) is 0.672. The maximum atomic E-state index is 12.0. The Kier molecular flexibility index (Phi) is 5.12. The largest absolute Gasteiger partial charge is 0.370 e. The number of rotatable bonds is 6. The summed E-state index contributed by atoms with van der Waals surface area (Å²) in [5, 5.41) is 4.94. The Morgan fingerprint density at radius 3 is 2.19 bits per heavy atom. The van der Waals surface area contributed by atoms with Crippen LogP contribution in [0.25, 0.3) is 0 Å². The normalized spacial score (nSPS) is 14.1. The predicted molar refractivity (Wildman–Crippen MR) is 103 cm³/mol. The van der Waals surface area contributed by atoms with E-state index in [9.17, 15) is 14.4 Å². The van der Waals surface area contributed by atoms with Crippen molar-refractivity contribution >= 4 is 29.1 Å². The number of carbonyl (C=O) groups excluding carboxylic acids is 3. The van der Waals surface area contributed by atoms with Gasteiger partial charge in [-0.05, 0) is 42.7 Å². The minimum absolute atomic E-state index is 0.462. The van der Waals surface area contributed by atoms with Crippen LogP contribution in [-0.4, -0.2) is 30.3 Å². The molecule has 0 radical (unpaired) electrons. The van der Waals surface area contributed by atoms with Gasteiger partial charge in [0.15, 0.2) is 0 Å². The van der Waals surface area contributed by atoms with E-state index in [0.717, 1.165) is 12.2 Å². The summed E-state index contributed by atoms with van der Waals surface area (Å²) in [5.41, 5.74) is 6.85. The first-order valence-electron chi connectivity index (χ1n) is 8.68. The third-order valence-corrected chi connectivity index (χ3v) is 4.61. The topological polar surface area (TPSA) is 105 Å². The Labute approximate surface area is 157 Å². The van der Waals surface area contributed by atoms with E-state index in [1.807, 2.05) is 37.4 Å². The molecule has 0 aromatic heterocycles. The first kappa shape index (κ1) is 18.4. The molecule has 140 valence electrons. The van der Waals surface area contributed by atoms with Crippen molar-refractivity contribution in [3.05, 3.63) is 60.2 Å². The van der Waals surface area contributed by atoms with Crippen molar-refractivity contribution in [1.29, 1.82) is 0 Å². The van der Waals surface area contributed by atoms with E-state index >= 15 is 0 Å². The Balaban J connectivity index is 1.56. The van der Waals surface area contributed by atoms with Gasteiger partial charge in [0.2, 0.25) is 5.91 Å². The summed E-state index contributed by atoms with van der Waals surface area (Å²) in [7, 11) is 1.98. The highest BCUT2D eigenvalue weighted by atomic mass is 16.2. The van der Waals surface area contributed by atoms with Gasteiger partial charge in [-0.25, -0.2) is 0 Å². The van der Waals surface area contributed by atoms with Crippen molar-refractivity contribution < 1.29 is 14.4 Å². The summed E-state index contributed by atoms with van der Waals surface area (Å²) in [4.78, 5) is 37.3. The number of nitrogens with two attached hydrogens (primary N) is 1. The van der Waals surface area contributed by atoms with Gasteiger partial charge < -0.3 is 21.3 Å². The molecule has 27 heavy (non-hydrogen) atoms. The highest BCUT2D eigenvalue weighted by Gasteiger charge is 2.50. The lowest BCUT2D eigenvalue weighted by Gasteiger charge is -2.20. The fourth-order valence-corrected chi connectivity index (χ4v) is 2.77. The third kappa shape index (κ3) is 4.44. The molecule has 1 aliphatic rings. The molecule has 1 aliphatic carbocycles. The number of primary amides is 1. The molecule has 2 aromatic rings. The van der Waals surface area contributed by atoms with Crippen molar-refractivity contribution in [2.75, 3.05) is 17.3 Å². The Bertz CT molecular complexity index is 845. The average molecular weight is 366 g/mol. The summed E-state index contributed by atoms with van der Waals surface area (Å²) in [6, 6.07) is 17.3. The third-order valence-electron chi connectivity index (χ3n) is 4.61. The van der Waals surface area contributed by atoms with Crippen molar-refractivity contribution in [3.8, 4) is 0 Å². The number of hydrogen-bond donors (Lipinski definition) is 3. The molecule has 0 heterocycles. The molecule has 0 saturated heterocycles. The summed E-state index contributed by atoms with van der Waals surface area (Å²) < 4.78 is 0. The minimum Gasteiger partial charge on any atom is -0.370 e. The van der Waals surface area contributed by atoms with Crippen LogP contribution >= 0.6 is 0 Å². The smallest absolute Gasteiger partial charge is 0.313 e. The van der Waals surface area contributed by atoms with Crippen LogP contribution in [0.5, 0.6) is 0 Å². The lowest BCUT2D eigenvalue weighted by molar-refractivity contribution is -0.138. The van der Waals surface area contributed by atoms with Crippen molar-refractivity contribution in [2.24, 2.45) is 5.73 Å². The Morgan fingerprint density at radius 1 is 1.00 bits per heavy atom. The van der Waals surface area contributed by atoms with Crippen molar-refractivity contribution in [2.45, 2.75) is 24.9 Å². The van der Waals surface area contributed by atoms with E-state index in [4.69, 9.17) is 5.73 Å². The number of nitrogens with one attached hydrogen (secondary N) is 2. The van der Waals surface area contributed by atoms with Crippen LogP contribution in [0.3, 0.4) is 0 Å². The maximum absolute atomic E-state index is 12.0. The van der Waals surface area contributed by atoms with E-state index < -0.39 is 23.3 Å². The molecule has 3 rings (SSSR count). The van der Waals surface area contributed by atoms with Gasteiger partial charge in [0, 0.05) is 25.0 Å². The molecule has 4 N–H and O–H groups in total. The number of anilines is 2. The number of carbonyl (C=O) groups is 3. The fraction of sp³-hybridized carbons (Fsp3) is 0.250. The fourth-order valence-electron chi connectivity index (χ4n) is 2.77. The van der Waals surface area contributed by atoms with Crippen LogP contribution in [0, 0.1) is 0 Å². The lowest BCUT2D eigenvalue weighted by Crippen LogP contribution is -2.50. The van der Waals surface area contributed by atoms with Gasteiger partial charge in [0.05, 0.1) is 0 Å². The van der Waals surface area contributed by atoms with Gasteiger partial charge in [-0.3, -0.25) is 14.4 Å². The molecular weight excluding hydrogens is 344 g/mol. The van der Waals surface area contributed by atoms with Crippen molar-refractivity contribution in [1.82, 2.24) is 5.32 Å². The number of amides is 3. The highest BCUT2D eigenvalue weighted by molar-refractivity contribution is 6.40. The summed E-state index contributed by atoms with van der Waals surface area (Å²) in [5.74, 6) is -2.31. The minimum atomic E-state index is -1.06. The molecule has 1 saturated carbocycles. The number of hydrogen-bond acceptors (Lipinski definition) is 4. The van der Waals surface area contributed by atoms with E-state index in [2.05, 4.69) is 27.7 Å². The molecule has 3 amide bonds. The van der Waals surface area contributed by atoms with Gasteiger partial charge in [-0.1, -0.05) is 30.3 Å². The second kappa shape index (κ2) is 7.49. The second-order valence-electron chi connectivity index (χ2n) is 6.74. The molecule has 2 aromatic carbocycles. The van der Waals surface area contributed by atoms with Crippen molar-refractivity contribution in [3.63, 3.8) is 0 Å². The predicted octanol–water partition coefficient (Wildman–Crippen LogP) is 1.40. The van der Waals surface area contributed by atoms with E-state index in [-0.39, 0.29) is 0 Å². The zero-order chi connectivity index (χ0) is 19.4. The van der Waals surface area contributed by atoms with E-state index in [1.54, 1.807) is 12.1 Å².